The second kappa shape index (κ2) is 10.8. The van der Waals surface area contributed by atoms with Crippen LogP contribution < -0.4 is 21.1 Å². The summed E-state index contributed by atoms with van der Waals surface area (Å²) in [6, 6.07) is 3.62. The number of halogens is 5. The van der Waals surface area contributed by atoms with Crippen molar-refractivity contribution in [2.75, 3.05) is 30.8 Å². The number of pyridine rings is 1. The smallest absolute Gasteiger partial charge is 0.416 e. The second-order valence-corrected chi connectivity index (χ2v) is 9.45. The van der Waals surface area contributed by atoms with Gasteiger partial charge in [0, 0.05) is 58.0 Å². The zero-order chi connectivity index (χ0) is 28.6. The number of nitrogens with zero attached hydrogens (tertiary/aromatic N) is 6. The Morgan fingerprint density at radius 1 is 1.20 bits per heavy atom. The molecule has 5 rings (SSSR count). The van der Waals surface area contributed by atoms with E-state index in [1.54, 1.807) is 29.6 Å². The molecule has 4 aromatic rings. The van der Waals surface area contributed by atoms with Crippen molar-refractivity contribution in [1.29, 1.82) is 0 Å². The van der Waals surface area contributed by atoms with Crippen LogP contribution in [-0.2, 0) is 19.8 Å². The lowest BCUT2D eigenvalue weighted by Crippen LogP contribution is -2.47. The van der Waals surface area contributed by atoms with Crippen molar-refractivity contribution in [1.82, 2.24) is 29.4 Å². The molecule has 0 atom stereocenters. The Hall–Kier alpha value is -4.17. The van der Waals surface area contributed by atoms with E-state index in [1.165, 1.54) is 24.8 Å². The van der Waals surface area contributed by atoms with Crippen LogP contribution in [0.1, 0.15) is 16.8 Å². The number of rotatable bonds is 8. The highest BCUT2D eigenvalue weighted by Crippen LogP contribution is 2.37. The lowest BCUT2D eigenvalue weighted by atomic mass is 10.1. The first-order valence-electron chi connectivity index (χ1n) is 12.0. The predicted octanol–water partition coefficient (Wildman–Crippen LogP) is 4.71. The Morgan fingerprint density at radius 2 is 1.95 bits per heavy atom. The first-order valence-corrected chi connectivity index (χ1v) is 12.4. The molecule has 1 aliphatic heterocycles. The Bertz CT molecular complexity index is 1580. The lowest BCUT2D eigenvalue weighted by molar-refractivity contribution is -0.137. The molecular formula is C25H24ClF4N9O. The number of benzene rings is 1. The number of hydrogen-bond acceptors (Lipinski definition) is 9. The van der Waals surface area contributed by atoms with Gasteiger partial charge in [0.05, 0.1) is 11.8 Å². The SMILES string of the molecule is CNc1nccnc1C(=CN)Oc1cnc2nc(Nc3cc(CN4CC(F)C4)cc(C(F)(F)F)c3)n(C)c2c1Cl. The summed E-state index contributed by atoms with van der Waals surface area (Å²) in [4.78, 5) is 18.9. The Labute approximate surface area is 230 Å². The zero-order valence-electron chi connectivity index (χ0n) is 21.3. The van der Waals surface area contributed by atoms with E-state index < -0.39 is 17.9 Å². The van der Waals surface area contributed by atoms with E-state index >= 15 is 0 Å². The van der Waals surface area contributed by atoms with Gasteiger partial charge in [-0.05, 0) is 23.8 Å². The molecule has 0 amide bonds. The third kappa shape index (κ3) is 5.45. The number of aromatic nitrogens is 5. The van der Waals surface area contributed by atoms with Crippen molar-refractivity contribution in [3.63, 3.8) is 0 Å². The molecule has 0 spiro atoms. The minimum atomic E-state index is -4.57. The van der Waals surface area contributed by atoms with Crippen LogP contribution in [0.15, 0.2) is 43.0 Å². The molecule has 4 N–H and O–H groups in total. The molecule has 0 radical (unpaired) electrons. The topological polar surface area (TPSA) is 119 Å². The lowest BCUT2D eigenvalue weighted by Gasteiger charge is -2.34. The highest BCUT2D eigenvalue weighted by atomic mass is 35.5. The second-order valence-electron chi connectivity index (χ2n) is 9.07. The number of nitrogens with one attached hydrogen (secondary N) is 2. The van der Waals surface area contributed by atoms with Crippen molar-refractivity contribution in [2.45, 2.75) is 18.9 Å². The minimum absolute atomic E-state index is 0.144. The molecule has 1 saturated heterocycles. The third-order valence-corrected chi connectivity index (χ3v) is 6.61. The molecule has 1 fully saturated rings. The third-order valence-electron chi connectivity index (χ3n) is 6.24. The van der Waals surface area contributed by atoms with Crippen LogP contribution in [0.3, 0.4) is 0 Å². The van der Waals surface area contributed by atoms with Crippen molar-refractivity contribution in [2.24, 2.45) is 12.8 Å². The fourth-order valence-corrected chi connectivity index (χ4v) is 4.62. The monoisotopic (exact) mass is 577 g/mol. The number of imidazole rings is 1. The molecule has 3 aromatic heterocycles. The van der Waals surface area contributed by atoms with Gasteiger partial charge in [-0.2, -0.15) is 18.2 Å². The number of ether oxygens (including phenoxy) is 1. The number of likely N-dealkylation sites (tertiary alicyclic amines) is 1. The maximum absolute atomic E-state index is 13.6. The van der Waals surface area contributed by atoms with Gasteiger partial charge in [0.1, 0.15) is 22.4 Å². The van der Waals surface area contributed by atoms with Gasteiger partial charge in [0.15, 0.2) is 23.0 Å². The van der Waals surface area contributed by atoms with E-state index in [9.17, 15) is 17.6 Å². The molecule has 15 heteroatoms. The van der Waals surface area contributed by atoms with Gasteiger partial charge in [-0.15, -0.1) is 0 Å². The number of anilines is 3. The van der Waals surface area contributed by atoms with Crippen LogP contribution in [-0.4, -0.2) is 55.7 Å². The molecule has 10 nitrogen and oxygen atoms in total. The van der Waals surface area contributed by atoms with E-state index in [-0.39, 0.29) is 53.4 Å². The van der Waals surface area contributed by atoms with Gasteiger partial charge in [0.2, 0.25) is 5.95 Å². The molecule has 4 heterocycles. The zero-order valence-corrected chi connectivity index (χ0v) is 22.1. The van der Waals surface area contributed by atoms with Gasteiger partial charge in [-0.1, -0.05) is 11.6 Å². The van der Waals surface area contributed by atoms with E-state index in [4.69, 9.17) is 22.1 Å². The molecule has 0 bridgehead atoms. The first kappa shape index (κ1) is 27.4. The summed E-state index contributed by atoms with van der Waals surface area (Å²) in [5, 5.41) is 5.98. The van der Waals surface area contributed by atoms with Crippen LogP contribution in [0.2, 0.25) is 5.02 Å². The number of hydrogen-bond donors (Lipinski definition) is 3. The van der Waals surface area contributed by atoms with E-state index in [1.807, 2.05) is 0 Å². The first-order chi connectivity index (χ1) is 19.1. The van der Waals surface area contributed by atoms with Crippen molar-refractivity contribution in [3.05, 3.63) is 64.8 Å². The largest absolute Gasteiger partial charge is 0.450 e. The Morgan fingerprint density at radius 3 is 2.62 bits per heavy atom. The van der Waals surface area contributed by atoms with Gasteiger partial charge in [-0.25, -0.2) is 19.3 Å². The standard InChI is InChI=1S/C25H24ClF4N9O/c1-32-22-20(33-3-4-34-22)17(8-31)40-18-9-35-23-21(19(18)26)38(2)24(37-23)36-16-6-13(10-39-11-15(27)12-39)5-14(7-16)25(28,29)30/h3-9,15H,10-12,31H2,1-2H3,(H,32,34)(H,35,36,37). The van der Waals surface area contributed by atoms with Crippen LogP contribution in [0.5, 0.6) is 5.75 Å². The van der Waals surface area contributed by atoms with Crippen LogP contribution >= 0.6 is 11.6 Å². The summed E-state index contributed by atoms with van der Waals surface area (Å²) >= 11 is 6.67. The van der Waals surface area contributed by atoms with Crippen LogP contribution in [0, 0.1) is 0 Å². The van der Waals surface area contributed by atoms with Gasteiger partial charge in [0.25, 0.3) is 0 Å². The fraction of sp³-hybridized carbons (Fsp3) is 0.280. The molecule has 1 aromatic carbocycles. The van der Waals surface area contributed by atoms with E-state index in [0.717, 1.165) is 12.1 Å². The van der Waals surface area contributed by atoms with Crippen molar-refractivity contribution >= 4 is 46.0 Å². The highest BCUT2D eigenvalue weighted by Gasteiger charge is 2.32. The molecule has 0 unspecified atom stereocenters. The summed E-state index contributed by atoms with van der Waals surface area (Å²) in [6.45, 7) is 0.562. The normalized spacial score (nSPS) is 14.8. The molecule has 40 heavy (non-hydrogen) atoms. The molecular weight excluding hydrogens is 554 g/mol. The molecule has 210 valence electrons. The highest BCUT2D eigenvalue weighted by molar-refractivity contribution is 6.36. The Kier molecular flexibility index (Phi) is 7.38. The van der Waals surface area contributed by atoms with Gasteiger partial charge >= 0.3 is 6.18 Å². The van der Waals surface area contributed by atoms with Crippen molar-refractivity contribution in [3.8, 4) is 5.75 Å². The maximum Gasteiger partial charge on any atom is 0.416 e. The summed E-state index contributed by atoms with van der Waals surface area (Å²) in [7, 11) is 3.30. The number of alkyl halides is 4. The average molecular weight is 578 g/mol. The predicted molar refractivity (Wildman–Crippen MR) is 143 cm³/mol. The molecule has 0 saturated carbocycles. The summed E-state index contributed by atoms with van der Waals surface area (Å²) in [6.07, 6.45) is 0.0153. The van der Waals surface area contributed by atoms with E-state index in [2.05, 4.69) is 30.6 Å². The maximum atomic E-state index is 13.6. The number of nitrogens with two attached hydrogens (primary N) is 1. The van der Waals surface area contributed by atoms with Crippen molar-refractivity contribution < 1.29 is 22.3 Å². The number of aryl methyl sites for hydroxylation is 1. The van der Waals surface area contributed by atoms with Crippen LogP contribution in [0.25, 0.3) is 16.9 Å². The summed E-state index contributed by atoms with van der Waals surface area (Å²) < 4.78 is 61.6. The van der Waals surface area contributed by atoms with Gasteiger partial charge in [-0.3, -0.25) is 4.90 Å². The number of fused-ring (bicyclic) bond motifs is 1. The quantitative estimate of drug-likeness (QED) is 0.202. The average Bonchev–Trinajstić information content (AvgIpc) is 3.22. The van der Waals surface area contributed by atoms with E-state index in [0.29, 0.717) is 22.6 Å². The minimum Gasteiger partial charge on any atom is -0.450 e. The summed E-state index contributed by atoms with van der Waals surface area (Å²) in [5.41, 5.74) is 6.45. The molecule has 0 aliphatic carbocycles. The molecule has 1 aliphatic rings. The van der Waals surface area contributed by atoms with Gasteiger partial charge < -0.3 is 25.7 Å². The van der Waals surface area contributed by atoms with Crippen LogP contribution in [0.4, 0.5) is 35.0 Å². The Balaban J connectivity index is 1.46. The fourth-order valence-electron chi connectivity index (χ4n) is 4.32. The summed E-state index contributed by atoms with van der Waals surface area (Å²) in [5.74, 6) is 0.935.